The van der Waals surface area contributed by atoms with E-state index in [4.69, 9.17) is 16.3 Å². The Morgan fingerprint density at radius 1 is 1.28 bits per heavy atom. The maximum atomic E-state index is 11.4. The van der Waals surface area contributed by atoms with Crippen molar-refractivity contribution in [2.75, 3.05) is 30.6 Å². The first kappa shape index (κ1) is 16.3. The zero-order valence-corrected chi connectivity index (χ0v) is 13.0. The molecule has 5 heteroatoms. The second-order valence-corrected chi connectivity index (χ2v) is 8.20. The molecule has 0 spiro atoms. The highest BCUT2D eigenvalue weighted by molar-refractivity contribution is 7.91. The summed E-state index contributed by atoms with van der Waals surface area (Å²) >= 11 is 5.95. The smallest absolute Gasteiger partial charge is 0.150 e. The molecule has 1 rings (SSSR count). The summed E-state index contributed by atoms with van der Waals surface area (Å²) < 4.78 is 28.5. The van der Waals surface area contributed by atoms with Gasteiger partial charge in [0.1, 0.15) is 0 Å². The molecule has 0 radical (unpaired) electrons. The molecule has 0 N–H and O–H groups in total. The van der Waals surface area contributed by atoms with E-state index in [-0.39, 0.29) is 11.8 Å². The molecule has 18 heavy (non-hydrogen) atoms. The molecule has 108 valence electrons. The maximum absolute atomic E-state index is 11.4. The molecule has 0 bridgehead atoms. The summed E-state index contributed by atoms with van der Waals surface area (Å²) in [5.74, 6) is 2.36. The lowest BCUT2D eigenvalue weighted by Gasteiger charge is -2.19. The van der Waals surface area contributed by atoms with Crippen molar-refractivity contribution in [1.82, 2.24) is 0 Å². The Bertz CT molecular complexity index is 327. The van der Waals surface area contributed by atoms with Crippen molar-refractivity contribution >= 4 is 21.4 Å². The average molecular weight is 297 g/mol. The summed E-state index contributed by atoms with van der Waals surface area (Å²) in [5, 5.41) is 0. The maximum Gasteiger partial charge on any atom is 0.150 e. The Labute approximate surface area is 116 Å². The third-order valence-corrected chi connectivity index (χ3v) is 5.80. The van der Waals surface area contributed by atoms with Crippen LogP contribution in [0.2, 0.25) is 0 Å². The van der Waals surface area contributed by atoms with Crippen molar-refractivity contribution < 1.29 is 13.2 Å². The second kappa shape index (κ2) is 7.71. The van der Waals surface area contributed by atoms with Crippen LogP contribution < -0.4 is 0 Å². The third-order valence-electron chi connectivity index (χ3n) is 3.61. The highest BCUT2D eigenvalue weighted by Crippen LogP contribution is 2.29. The number of hydrogen-bond donors (Lipinski definition) is 0. The van der Waals surface area contributed by atoms with E-state index < -0.39 is 9.84 Å². The number of sulfone groups is 1. The Balaban J connectivity index is 2.22. The molecule has 0 saturated carbocycles. The fourth-order valence-corrected chi connectivity index (χ4v) is 4.62. The van der Waals surface area contributed by atoms with Crippen LogP contribution in [0.4, 0.5) is 0 Å². The van der Waals surface area contributed by atoms with E-state index in [2.05, 4.69) is 13.8 Å². The van der Waals surface area contributed by atoms with Crippen LogP contribution in [0, 0.1) is 17.8 Å². The minimum Gasteiger partial charge on any atom is -0.381 e. The SMILES string of the molecule is CC(C)CCOCCC(CCl)C1CCS(=O)(=O)C1. The molecule has 0 aromatic carbocycles. The van der Waals surface area contributed by atoms with Crippen LogP contribution in [0.3, 0.4) is 0 Å². The Hall–Kier alpha value is 0.200. The summed E-state index contributed by atoms with van der Waals surface area (Å²) in [6.07, 6.45) is 2.72. The Kier molecular flexibility index (Phi) is 6.96. The van der Waals surface area contributed by atoms with Crippen molar-refractivity contribution in [3.8, 4) is 0 Å². The van der Waals surface area contributed by atoms with Gasteiger partial charge < -0.3 is 4.74 Å². The molecule has 3 nitrogen and oxygen atoms in total. The van der Waals surface area contributed by atoms with Crippen LogP contribution in [-0.4, -0.2) is 39.0 Å². The van der Waals surface area contributed by atoms with E-state index in [0.29, 0.717) is 29.9 Å². The zero-order chi connectivity index (χ0) is 13.6. The fourth-order valence-electron chi connectivity index (χ4n) is 2.29. The molecule has 0 amide bonds. The van der Waals surface area contributed by atoms with Gasteiger partial charge in [-0.15, -0.1) is 11.6 Å². The van der Waals surface area contributed by atoms with Gasteiger partial charge in [-0.25, -0.2) is 8.42 Å². The fraction of sp³-hybridized carbons (Fsp3) is 1.00. The lowest BCUT2D eigenvalue weighted by atomic mass is 9.91. The van der Waals surface area contributed by atoms with Crippen LogP contribution in [-0.2, 0) is 14.6 Å². The zero-order valence-electron chi connectivity index (χ0n) is 11.4. The summed E-state index contributed by atoms with van der Waals surface area (Å²) in [4.78, 5) is 0. The molecule has 1 fully saturated rings. The standard InChI is InChI=1S/C13H25ClO3S/c1-11(2)3-6-17-7-4-12(9-14)13-5-8-18(15,16)10-13/h11-13H,3-10H2,1-2H3. The van der Waals surface area contributed by atoms with Gasteiger partial charge in [-0.2, -0.15) is 0 Å². The molecule has 1 aliphatic heterocycles. The first-order valence-corrected chi connectivity index (χ1v) is 9.14. The molecule has 0 aromatic heterocycles. The lowest BCUT2D eigenvalue weighted by Crippen LogP contribution is -2.20. The van der Waals surface area contributed by atoms with E-state index in [1.54, 1.807) is 0 Å². The van der Waals surface area contributed by atoms with Crippen LogP contribution >= 0.6 is 11.6 Å². The van der Waals surface area contributed by atoms with Crippen molar-refractivity contribution in [3.05, 3.63) is 0 Å². The first-order chi connectivity index (χ1) is 8.44. The van der Waals surface area contributed by atoms with E-state index in [1.165, 1.54) is 0 Å². The van der Waals surface area contributed by atoms with Crippen LogP contribution in [0.15, 0.2) is 0 Å². The lowest BCUT2D eigenvalue weighted by molar-refractivity contribution is 0.106. The predicted molar refractivity (Wildman–Crippen MR) is 75.9 cm³/mol. The molecule has 0 aromatic rings. The highest BCUT2D eigenvalue weighted by Gasteiger charge is 2.32. The Morgan fingerprint density at radius 3 is 2.44 bits per heavy atom. The van der Waals surface area contributed by atoms with E-state index >= 15 is 0 Å². The van der Waals surface area contributed by atoms with Gasteiger partial charge in [0.2, 0.25) is 0 Å². The van der Waals surface area contributed by atoms with E-state index in [0.717, 1.165) is 25.9 Å². The van der Waals surface area contributed by atoms with Gasteiger partial charge in [-0.05, 0) is 37.0 Å². The molecule has 1 heterocycles. The van der Waals surface area contributed by atoms with Gasteiger partial charge in [0.15, 0.2) is 9.84 Å². The quantitative estimate of drug-likeness (QED) is 0.511. The first-order valence-electron chi connectivity index (χ1n) is 6.78. The summed E-state index contributed by atoms with van der Waals surface area (Å²) in [6.45, 7) is 5.83. The minimum atomic E-state index is -2.80. The number of ether oxygens (including phenoxy) is 1. The molecular formula is C13H25ClO3S. The van der Waals surface area contributed by atoms with E-state index in [1.807, 2.05) is 0 Å². The normalized spacial score (nSPS) is 24.6. The van der Waals surface area contributed by atoms with Crippen molar-refractivity contribution in [3.63, 3.8) is 0 Å². The monoisotopic (exact) mass is 296 g/mol. The van der Waals surface area contributed by atoms with Gasteiger partial charge in [-0.1, -0.05) is 13.8 Å². The van der Waals surface area contributed by atoms with Crippen LogP contribution in [0.5, 0.6) is 0 Å². The molecule has 1 aliphatic rings. The van der Waals surface area contributed by atoms with Gasteiger partial charge in [0.05, 0.1) is 11.5 Å². The predicted octanol–water partition coefficient (Wildman–Crippen LogP) is 2.73. The summed E-state index contributed by atoms with van der Waals surface area (Å²) in [6, 6.07) is 0. The van der Waals surface area contributed by atoms with Crippen LogP contribution in [0.1, 0.15) is 33.1 Å². The molecule has 2 atom stereocenters. The van der Waals surface area contributed by atoms with Gasteiger partial charge in [0, 0.05) is 19.1 Å². The van der Waals surface area contributed by atoms with Crippen LogP contribution in [0.25, 0.3) is 0 Å². The third kappa shape index (κ3) is 5.89. The molecule has 2 unspecified atom stereocenters. The number of alkyl halides is 1. The average Bonchev–Trinajstić information content (AvgIpc) is 2.63. The minimum absolute atomic E-state index is 0.237. The summed E-state index contributed by atoms with van der Waals surface area (Å²) in [5.41, 5.74) is 0. The topological polar surface area (TPSA) is 43.4 Å². The van der Waals surface area contributed by atoms with Gasteiger partial charge >= 0.3 is 0 Å². The van der Waals surface area contributed by atoms with Crippen molar-refractivity contribution in [2.24, 2.45) is 17.8 Å². The van der Waals surface area contributed by atoms with Gasteiger partial charge in [0.25, 0.3) is 0 Å². The van der Waals surface area contributed by atoms with Crippen molar-refractivity contribution in [1.29, 1.82) is 0 Å². The van der Waals surface area contributed by atoms with Gasteiger partial charge in [-0.3, -0.25) is 0 Å². The number of hydrogen-bond acceptors (Lipinski definition) is 3. The number of rotatable bonds is 8. The van der Waals surface area contributed by atoms with E-state index in [9.17, 15) is 8.42 Å². The number of halogens is 1. The molecular weight excluding hydrogens is 272 g/mol. The molecule has 1 saturated heterocycles. The molecule has 0 aliphatic carbocycles. The highest BCUT2D eigenvalue weighted by atomic mass is 35.5. The largest absolute Gasteiger partial charge is 0.381 e. The summed E-state index contributed by atoms with van der Waals surface area (Å²) in [7, 11) is -2.80. The van der Waals surface area contributed by atoms with Crippen molar-refractivity contribution in [2.45, 2.75) is 33.1 Å². The Morgan fingerprint density at radius 2 is 1.94 bits per heavy atom. The second-order valence-electron chi connectivity index (χ2n) is 5.66.